The number of hydrogen-bond acceptors (Lipinski definition) is 5. The molecule has 29 heavy (non-hydrogen) atoms. The first-order valence-electron chi connectivity index (χ1n) is 10.2. The molecule has 0 radical (unpaired) electrons. The summed E-state index contributed by atoms with van der Waals surface area (Å²) in [6, 6.07) is -1.59. The molecule has 4 atom stereocenters. The number of halogens is 2. The summed E-state index contributed by atoms with van der Waals surface area (Å²) in [4.78, 5) is 39.9. The molecule has 1 saturated heterocycles. The van der Waals surface area contributed by atoms with Gasteiger partial charge in [-0.1, -0.05) is 19.3 Å². The maximum atomic E-state index is 13.5. The number of methoxy groups -OCH3 is 1. The van der Waals surface area contributed by atoms with Gasteiger partial charge in [0.2, 0.25) is 5.91 Å². The zero-order chi connectivity index (χ0) is 21.6. The Morgan fingerprint density at radius 1 is 1.14 bits per heavy atom. The number of rotatable bonds is 4. The average molecular weight is 449 g/mol. The second kappa shape index (κ2) is 8.14. The third-order valence-electron chi connectivity index (χ3n) is 6.12. The SMILES string of the molecule is COC(=O)C1C2C(CN1C(=O)C(NC(=O)OC(C)(C)C)C1CCCCC1)C2(Cl)Cl. The van der Waals surface area contributed by atoms with Crippen molar-refractivity contribution in [2.24, 2.45) is 17.8 Å². The Hall–Kier alpha value is -1.21. The number of nitrogens with zero attached hydrogens (tertiary/aromatic N) is 1. The van der Waals surface area contributed by atoms with Crippen LogP contribution < -0.4 is 5.32 Å². The quantitative estimate of drug-likeness (QED) is 0.526. The van der Waals surface area contributed by atoms with Crippen molar-refractivity contribution in [1.82, 2.24) is 10.2 Å². The van der Waals surface area contributed by atoms with E-state index < -0.39 is 34.1 Å². The van der Waals surface area contributed by atoms with Gasteiger partial charge in [0.25, 0.3) is 0 Å². The van der Waals surface area contributed by atoms with Gasteiger partial charge in [-0.05, 0) is 39.5 Å². The van der Waals surface area contributed by atoms with E-state index in [4.69, 9.17) is 32.7 Å². The first-order valence-corrected chi connectivity index (χ1v) is 11.0. The number of fused-ring (bicyclic) bond motifs is 1. The molecular weight excluding hydrogens is 419 g/mol. The third kappa shape index (κ3) is 4.61. The van der Waals surface area contributed by atoms with Crippen LogP contribution in [-0.2, 0) is 19.1 Å². The third-order valence-corrected chi connectivity index (χ3v) is 7.18. The molecule has 2 aliphatic carbocycles. The lowest BCUT2D eigenvalue weighted by Gasteiger charge is -2.36. The number of nitrogens with one attached hydrogen (secondary N) is 1. The number of carbonyl (C=O) groups excluding carboxylic acids is 3. The van der Waals surface area contributed by atoms with E-state index in [1.165, 1.54) is 12.0 Å². The van der Waals surface area contributed by atoms with Crippen LogP contribution in [-0.4, -0.2) is 58.5 Å². The molecule has 0 spiro atoms. The largest absolute Gasteiger partial charge is 0.467 e. The Kier molecular flexibility index (Phi) is 6.31. The van der Waals surface area contributed by atoms with E-state index >= 15 is 0 Å². The zero-order valence-corrected chi connectivity index (χ0v) is 18.9. The topological polar surface area (TPSA) is 84.9 Å². The maximum absolute atomic E-state index is 13.5. The fourth-order valence-corrected chi connectivity index (χ4v) is 5.51. The summed E-state index contributed by atoms with van der Waals surface area (Å²) < 4.78 is 9.27. The molecule has 1 heterocycles. The highest BCUT2D eigenvalue weighted by Crippen LogP contribution is 2.65. The van der Waals surface area contributed by atoms with Crippen LogP contribution in [0.3, 0.4) is 0 Å². The molecule has 7 nitrogen and oxygen atoms in total. The number of likely N-dealkylation sites (tertiary alicyclic amines) is 1. The smallest absolute Gasteiger partial charge is 0.408 e. The van der Waals surface area contributed by atoms with Crippen LogP contribution >= 0.6 is 23.2 Å². The highest BCUT2D eigenvalue weighted by molar-refractivity contribution is 6.51. The van der Waals surface area contributed by atoms with Gasteiger partial charge in [0.15, 0.2) is 0 Å². The summed E-state index contributed by atoms with van der Waals surface area (Å²) in [6.07, 6.45) is 4.16. The molecule has 1 N–H and O–H groups in total. The summed E-state index contributed by atoms with van der Waals surface area (Å²) in [5.74, 6) is -1.36. The van der Waals surface area contributed by atoms with Gasteiger partial charge in [0.05, 0.1) is 7.11 Å². The normalized spacial score (nSPS) is 29.6. The van der Waals surface area contributed by atoms with E-state index in [1.54, 1.807) is 20.8 Å². The molecule has 0 aromatic carbocycles. The van der Waals surface area contributed by atoms with E-state index in [0.717, 1.165) is 32.1 Å². The van der Waals surface area contributed by atoms with Crippen molar-refractivity contribution >= 4 is 41.2 Å². The van der Waals surface area contributed by atoms with Crippen LogP contribution in [0.1, 0.15) is 52.9 Å². The minimum atomic E-state index is -1.02. The van der Waals surface area contributed by atoms with Crippen molar-refractivity contribution in [2.75, 3.05) is 13.7 Å². The monoisotopic (exact) mass is 448 g/mol. The zero-order valence-electron chi connectivity index (χ0n) is 17.4. The minimum absolute atomic E-state index is 0.00393. The summed E-state index contributed by atoms with van der Waals surface area (Å²) >= 11 is 12.6. The summed E-state index contributed by atoms with van der Waals surface area (Å²) in [5, 5.41) is 2.78. The van der Waals surface area contributed by atoms with Crippen molar-refractivity contribution in [3.63, 3.8) is 0 Å². The molecular formula is C20H30Cl2N2O5. The number of alkyl carbamates (subject to hydrolysis) is 1. The fourth-order valence-electron chi connectivity index (χ4n) is 4.69. The second-order valence-corrected chi connectivity index (χ2v) is 10.7. The average Bonchev–Trinajstić information content (AvgIpc) is 3.00. The van der Waals surface area contributed by atoms with Crippen LogP contribution in [0.15, 0.2) is 0 Å². The Morgan fingerprint density at radius 3 is 2.31 bits per heavy atom. The van der Waals surface area contributed by atoms with Gasteiger partial charge in [-0.15, -0.1) is 23.2 Å². The summed E-state index contributed by atoms with van der Waals surface area (Å²) in [5.41, 5.74) is -0.676. The molecule has 2 amide bonds. The van der Waals surface area contributed by atoms with Crippen molar-refractivity contribution in [3.8, 4) is 0 Å². The number of carbonyl (C=O) groups is 3. The predicted molar refractivity (Wildman–Crippen MR) is 109 cm³/mol. The van der Waals surface area contributed by atoms with E-state index in [0.29, 0.717) is 0 Å². The number of amides is 2. The minimum Gasteiger partial charge on any atom is -0.467 e. The molecule has 164 valence electrons. The summed E-state index contributed by atoms with van der Waals surface area (Å²) in [6.45, 7) is 5.58. The van der Waals surface area contributed by atoms with Gasteiger partial charge in [0, 0.05) is 18.4 Å². The molecule has 3 fully saturated rings. The Morgan fingerprint density at radius 2 is 1.76 bits per heavy atom. The predicted octanol–water partition coefficient (Wildman–Crippen LogP) is 3.26. The molecule has 1 aliphatic heterocycles. The van der Waals surface area contributed by atoms with Crippen LogP contribution in [0, 0.1) is 17.8 Å². The number of alkyl halides is 2. The molecule has 9 heteroatoms. The molecule has 3 aliphatic rings. The van der Waals surface area contributed by atoms with E-state index in [9.17, 15) is 14.4 Å². The molecule has 0 aromatic heterocycles. The van der Waals surface area contributed by atoms with Gasteiger partial charge in [0.1, 0.15) is 22.0 Å². The fraction of sp³-hybridized carbons (Fsp3) is 0.850. The van der Waals surface area contributed by atoms with Gasteiger partial charge in [-0.3, -0.25) is 4.79 Å². The van der Waals surface area contributed by atoms with Crippen LogP contribution in [0.5, 0.6) is 0 Å². The highest BCUT2D eigenvalue weighted by Gasteiger charge is 2.74. The lowest BCUT2D eigenvalue weighted by Crippen LogP contribution is -2.57. The standard InChI is InChI=1S/C20H30Cl2N2O5/c1-19(2,3)29-18(27)23-14(11-8-6-5-7-9-11)16(25)24-10-12-13(20(12,21)22)15(24)17(26)28-4/h11-15H,5-10H2,1-4H3,(H,23,27). The lowest BCUT2D eigenvalue weighted by atomic mass is 9.83. The van der Waals surface area contributed by atoms with Gasteiger partial charge < -0.3 is 19.7 Å². The van der Waals surface area contributed by atoms with Gasteiger partial charge in [-0.25, -0.2) is 9.59 Å². The molecule has 2 saturated carbocycles. The van der Waals surface area contributed by atoms with E-state index in [-0.39, 0.29) is 30.2 Å². The Bertz CT molecular complexity index is 672. The van der Waals surface area contributed by atoms with Crippen molar-refractivity contribution < 1.29 is 23.9 Å². The first kappa shape index (κ1) is 22.5. The van der Waals surface area contributed by atoms with Crippen LogP contribution in [0.25, 0.3) is 0 Å². The number of ether oxygens (including phenoxy) is 2. The van der Waals surface area contributed by atoms with Crippen molar-refractivity contribution in [2.45, 2.75) is 74.9 Å². The number of esters is 1. The van der Waals surface area contributed by atoms with Crippen molar-refractivity contribution in [3.05, 3.63) is 0 Å². The van der Waals surface area contributed by atoms with Gasteiger partial charge in [-0.2, -0.15) is 0 Å². The Labute approximate surface area is 181 Å². The Balaban J connectivity index is 1.80. The first-order chi connectivity index (χ1) is 13.5. The molecule has 0 bridgehead atoms. The second-order valence-electron chi connectivity index (χ2n) is 9.29. The number of piperidine rings is 1. The van der Waals surface area contributed by atoms with Crippen LogP contribution in [0.4, 0.5) is 4.79 Å². The molecule has 0 aromatic rings. The maximum Gasteiger partial charge on any atom is 0.408 e. The van der Waals surface area contributed by atoms with E-state index in [1.807, 2.05) is 0 Å². The summed E-state index contributed by atoms with van der Waals surface area (Å²) in [7, 11) is 1.28. The van der Waals surface area contributed by atoms with Crippen molar-refractivity contribution in [1.29, 1.82) is 0 Å². The van der Waals surface area contributed by atoms with Gasteiger partial charge >= 0.3 is 12.1 Å². The van der Waals surface area contributed by atoms with Crippen LogP contribution in [0.2, 0.25) is 0 Å². The highest BCUT2D eigenvalue weighted by atomic mass is 35.5. The number of hydrogen-bond donors (Lipinski definition) is 1. The lowest BCUT2D eigenvalue weighted by molar-refractivity contribution is -0.153. The molecule has 4 unspecified atom stereocenters. The molecule has 3 rings (SSSR count). The van der Waals surface area contributed by atoms with E-state index in [2.05, 4.69) is 5.32 Å².